The molecule has 0 spiro atoms. The van der Waals surface area contributed by atoms with Crippen molar-refractivity contribution in [2.75, 3.05) is 0 Å². The van der Waals surface area contributed by atoms with Gasteiger partial charge in [-0.2, -0.15) is 23.5 Å². The van der Waals surface area contributed by atoms with Crippen molar-refractivity contribution in [2.24, 2.45) is 12.8 Å². The maximum Gasteiger partial charge on any atom is 0.435 e. The van der Waals surface area contributed by atoms with Gasteiger partial charge in [0.15, 0.2) is 5.69 Å². The van der Waals surface area contributed by atoms with E-state index < -0.39 is 11.9 Å². The number of aryl methyl sites for hydroxylation is 1. The van der Waals surface area contributed by atoms with Crippen LogP contribution in [0.1, 0.15) is 16.8 Å². The molecule has 27 heavy (non-hydrogen) atoms. The molecule has 3 rings (SSSR count). The van der Waals surface area contributed by atoms with Gasteiger partial charge in [0.1, 0.15) is 5.75 Å². The number of hydrogen-bond acceptors (Lipinski definition) is 5. The standard InChI is InChI=1S/C18H14F3N5O/c1-26-17(7-16(25-26)18(19,20)21)27-15-6-11(8-22)2-4-13(15)14-5-3-12(9-23)10-24-14/h2-7,10H,9,23H2,1H3. The van der Waals surface area contributed by atoms with Crippen LogP contribution in [0.3, 0.4) is 0 Å². The van der Waals surface area contributed by atoms with Crippen LogP contribution in [0, 0.1) is 11.3 Å². The van der Waals surface area contributed by atoms with E-state index >= 15 is 0 Å². The Balaban J connectivity index is 2.04. The second kappa shape index (κ2) is 7.09. The molecule has 1 aromatic carbocycles. The van der Waals surface area contributed by atoms with E-state index in [-0.39, 0.29) is 11.6 Å². The average Bonchev–Trinajstić information content (AvgIpc) is 3.03. The van der Waals surface area contributed by atoms with Gasteiger partial charge in [0.2, 0.25) is 5.88 Å². The molecule has 0 aliphatic heterocycles. The number of hydrogen-bond donors (Lipinski definition) is 1. The van der Waals surface area contributed by atoms with Gasteiger partial charge in [0.25, 0.3) is 0 Å². The highest BCUT2D eigenvalue weighted by Crippen LogP contribution is 2.36. The Labute approximate surface area is 152 Å². The first-order valence-corrected chi connectivity index (χ1v) is 7.80. The van der Waals surface area contributed by atoms with Crippen molar-refractivity contribution >= 4 is 0 Å². The summed E-state index contributed by atoms with van der Waals surface area (Å²) in [5.74, 6) is 0.0796. The van der Waals surface area contributed by atoms with Crippen LogP contribution >= 0.6 is 0 Å². The van der Waals surface area contributed by atoms with E-state index in [0.717, 1.165) is 16.3 Å². The molecular weight excluding hydrogens is 359 g/mol. The van der Waals surface area contributed by atoms with Gasteiger partial charge in [0.05, 0.1) is 17.3 Å². The molecule has 138 valence electrons. The van der Waals surface area contributed by atoms with Gasteiger partial charge in [-0.3, -0.25) is 4.98 Å². The van der Waals surface area contributed by atoms with E-state index in [0.29, 0.717) is 23.4 Å². The van der Waals surface area contributed by atoms with Crippen LogP contribution in [0.2, 0.25) is 0 Å². The fourth-order valence-corrected chi connectivity index (χ4v) is 2.39. The maximum atomic E-state index is 12.9. The number of halogens is 3. The smallest absolute Gasteiger partial charge is 0.435 e. The lowest BCUT2D eigenvalue weighted by atomic mass is 10.1. The number of rotatable bonds is 4. The van der Waals surface area contributed by atoms with Gasteiger partial charge < -0.3 is 10.5 Å². The van der Waals surface area contributed by atoms with Crippen LogP contribution < -0.4 is 10.5 Å². The topological polar surface area (TPSA) is 89.8 Å². The molecule has 6 nitrogen and oxygen atoms in total. The molecule has 2 aromatic heterocycles. The zero-order chi connectivity index (χ0) is 19.6. The minimum atomic E-state index is -4.59. The highest BCUT2D eigenvalue weighted by molar-refractivity contribution is 5.69. The molecule has 0 bridgehead atoms. The minimum absolute atomic E-state index is 0.114. The van der Waals surface area contributed by atoms with Crippen LogP contribution in [-0.2, 0) is 19.8 Å². The molecule has 2 N–H and O–H groups in total. The number of nitrogens with zero attached hydrogens (tertiary/aromatic N) is 4. The average molecular weight is 373 g/mol. The third-order valence-electron chi connectivity index (χ3n) is 3.79. The normalized spacial score (nSPS) is 11.3. The molecule has 2 heterocycles. The van der Waals surface area contributed by atoms with E-state index in [1.807, 2.05) is 6.07 Å². The molecule has 0 amide bonds. The first-order chi connectivity index (χ1) is 12.8. The quantitative estimate of drug-likeness (QED) is 0.754. The maximum absolute atomic E-state index is 12.9. The summed E-state index contributed by atoms with van der Waals surface area (Å²) >= 11 is 0. The Morgan fingerprint density at radius 3 is 2.56 bits per heavy atom. The summed E-state index contributed by atoms with van der Waals surface area (Å²) in [5, 5.41) is 12.5. The van der Waals surface area contributed by atoms with Crippen molar-refractivity contribution in [3.8, 4) is 29.0 Å². The number of ether oxygens (including phenoxy) is 1. The van der Waals surface area contributed by atoms with Crippen molar-refractivity contribution in [2.45, 2.75) is 12.7 Å². The zero-order valence-electron chi connectivity index (χ0n) is 14.2. The van der Waals surface area contributed by atoms with E-state index in [1.54, 1.807) is 30.5 Å². The van der Waals surface area contributed by atoms with Gasteiger partial charge in [-0.05, 0) is 29.8 Å². The number of nitrogens with two attached hydrogens (primary N) is 1. The lowest BCUT2D eigenvalue weighted by Gasteiger charge is -2.11. The third-order valence-corrected chi connectivity index (χ3v) is 3.79. The molecule has 0 radical (unpaired) electrons. The van der Waals surface area contributed by atoms with E-state index in [1.165, 1.54) is 13.1 Å². The van der Waals surface area contributed by atoms with Crippen LogP contribution in [0.4, 0.5) is 13.2 Å². The van der Waals surface area contributed by atoms with Gasteiger partial charge in [-0.15, -0.1) is 0 Å². The zero-order valence-corrected chi connectivity index (χ0v) is 14.2. The first-order valence-electron chi connectivity index (χ1n) is 7.80. The SMILES string of the molecule is Cn1nc(C(F)(F)F)cc1Oc1cc(C#N)ccc1-c1ccc(CN)cn1. The summed E-state index contributed by atoms with van der Waals surface area (Å²) in [4.78, 5) is 4.30. The molecule has 9 heteroatoms. The largest absolute Gasteiger partial charge is 0.439 e. The van der Waals surface area contributed by atoms with Crippen molar-refractivity contribution in [3.63, 3.8) is 0 Å². The minimum Gasteiger partial charge on any atom is -0.439 e. The Morgan fingerprint density at radius 2 is 2.00 bits per heavy atom. The predicted octanol–water partition coefficient (Wildman–Crippen LogP) is 3.62. The summed E-state index contributed by atoms with van der Waals surface area (Å²) in [6, 6.07) is 10.9. The van der Waals surface area contributed by atoms with Crippen molar-refractivity contribution in [1.82, 2.24) is 14.8 Å². The summed E-state index contributed by atoms with van der Waals surface area (Å²) in [6.07, 6.45) is -2.99. The number of nitriles is 1. The molecule has 0 aliphatic carbocycles. The first kappa shape index (κ1) is 18.4. The lowest BCUT2D eigenvalue weighted by molar-refractivity contribution is -0.141. The third kappa shape index (κ3) is 3.91. The molecule has 0 saturated heterocycles. The van der Waals surface area contributed by atoms with Crippen molar-refractivity contribution in [1.29, 1.82) is 5.26 Å². The van der Waals surface area contributed by atoms with Crippen LogP contribution in [0.5, 0.6) is 11.6 Å². The van der Waals surface area contributed by atoms with Gasteiger partial charge in [-0.25, -0.2) is 4.68 Å². The van der Waals surface area contributed by atoms with Gasteiger partial charge >= 0.3 is 6.18 Å². The Bertz CT molecular complexity index is 1000. The molecule has 0 aliphatic rings. The Morgan fingerprint density at radius 1 is 1.22 bits per heavy atom. The van der Waals surface area contributed by atoms with Gasteiger partial charge in [0, 0.05) is 31.4 Å². The predicted molar refractivity (Wildman–Crippen MR) is 90.6 cm³/mol. The highest BCUT2D eigenvalue weighted by atomic mass is 19.4. The summed E-state index contributed by atoms with van der Waals surface area (Å²) in [6.45, 7) is 0.333. The molecular formula is C18H14F3N5O. The summed E-state index contributed by atoms with van der Waals surface area (Å²) in [7, 11) is 1.34. The second-order valence-corrected chi connectivity index (χ2v) is 5.67. The summed E-state index contributed by atoms with van der Waals surface area (Å²) < 4.78 is 45.2. The van der Waals surface area contributed by atoms with Crippen molar-refractivity contribution in [3.05, 3.63) is 59.4 Å². The monoisotopic (exact) mass is 373 g/mol. The van der Waals surface area contributed by atoms with E-state index in [9.17, 15) is 13.2 Å². The molecule has 0 saturated carbocycles. The lowest BCUT2D eigenvalue weighted by Crippen LogP contribution is -2.06. The van der Waals surface area contributed by atoms with Crippen LogP contribution in [0.25, 0.3) is 11.3 Å². The van der Waals surface area contributed by atoms with Gasteiger partial charge in [-0.1, -0.05) is 6.07 Å². The summed E-state index contributed by atoms with van der Waals surface area (Å²) in [5.41, 5.74) is 6.67. The highest BCUT2D eigenvalue weighted by Gasteiger charge is 2.35. The number of pyridine rings is 1. The van der Waals surface area contributed by atoms with E-state index in [2.05, 4.69) is 10.1 Å². The fourth-order valence-electron chi connectivity index (χ4n) is 2.39. The fraction of sp³-hybridized carbons (Fsp3) is 0.167. The van der Waals surface area contributed by atoms with Crippen LogP contribution in [-0.4, -0.2) is 14.8 Å². The Hall–Kier alpha value is -3.38. The number of alkyl halides is 3. The Kier molecular flexibility index (Phi) is 4.83. The molecule has 0 fully saturated rings. The second-order valence-electron chi connectivity index (χ2n) is 5.67. The molecule has 0 unspecified atom stereocenters. The number of aromatic nitrogens is 3. The van der Waals surface area contributed by atoms with E-state index in [4.69, 9.17) is 15.7 Å². The van der Waals surface area contributed by atoms with Crippen molar-refractivity contribution < 1.29 is 17.9 Å². The molecule has 3 aromatic rings. The molecule has 0 atom stereocenters. The van der Waals surface area contributed by atoms with Crippen LogP contribution in [0.15, 0.2) is 42.6 Å². The number of benzene rings is 1.